The first-order valence-corrected chi connectivity index (χ1v) is 20.3. The number of para-hydroxylation sites is 1. The summed E-state index contributed by atoms with van der Waals surface area (Å²) in [5, 5.41) is 6.94. The van der Waals surface area contributed by atoms with Crippen molar-refractivity contribution in [2.75, 3.05) is 4.90 Å². The maximum Gasteiger partial charge on any atom is 0.246 e. The fourth-order valence-corrected chi connectivity index (χ4v) is 9.30. The second-order valence-electron chi connectivity index (χ2n) is 14.7. The van der Waals surface area contributed by atoms with Crippen LogP contribution in [0.3, 0.4) is 0 Å². The van der Waals surface area contributed by atoms with Crippen molar-refractivity contribution in [1.82, 2.24) is 19.9 Å². The average Bonchev–Trinajstić information content (AvgIpc) is 3.87. The third-order valence-corrected chi connectivity index (χ3v) is 12.3. The zero-order valence-electron chi connectivity index (χ0n) is 31.5. The lowest BCUT2D eigenvalue weighted by Gasteiger charge is -2.26. The average molecular weight is 774 g/mol. The highest BCUT2D eigenvalue weighted by molar-refractivity contribution is 7.25. The monoisotopic (exact) mass is 773 g/mol. The Morgan fingerprint density at radius 3 is 1.78 bits per heavy atom. The lowest BCUT2D eigenvalue weighted by atomic mass is 9.97. The van der Waals surface area contributed by atoms with Gasteiger partial charge in [0.05, 0.1) is 23.8 Å². The van der Waals surface area contributed by atoms with Crippen LogP contribution in [0.5, 0.6) is 0 Å². The maximum absolute atomic E-state index is 6.07. The summed E-state index contributed by atoms with van der Waals surface area (Å²) in [6.07, 6.45) is 3.71. The number of hydrogen-bond donors (Lipinski definition) is 0. The predicted octanol–water partition coefficient (Wildman–Crippen LogP) is 14.3. The van der Waals surface area contributed by atoms with Crippen LogP contribution in [0.15, 0.2) is 193 Å². The molecule has 0 amide bonds. The Bertz CT molecular complexity index is 3400. The largest absolute Gasteiger partial charge is 0.436 e. The third kappa shape index (κ3) is 5.70. The Morgan fingerprint density at radius 2 is 1.02 bits per heavy atom. The summed E-state index contributed by atoms with van der Waals surface area (Å²) >= 11 is 1.68. The molecule has 8 aromatic carbocycles. The molecule has 0 aliphatic carbocycles. The molecule has 0 aliphatic rings. The predicted molar refractivity (Wildman–Crippen MR) is 244 cm³/mol. The van der Waals surface area contributed by atoms with Gasteiger partial charge >= 0.3 is 0 Å². The highest BCUT2D eigenvalue weighted by Gasteiger charge is 2.17. The molecule has 0 saturated carbocycles. The van der Waals surface area contributed by atoms with Crippen LogP contribution in [-0.4, -0.2) is 19.9 Å². The van der Waals surface area contributed by atoms with E-state index in [-0.39, 0.29) is 0 Å². The molecule has 0 fully saturated rings. The van der Waals surface area contributed by atoms with E-state index in [9.17, 15) is 0 Å². The van der Waals surface area contributed by atoms with Gasteiger partial charge in [0.1, 0.15) is 21.4 Å². The van der Waals surface area contributed by atoms with Crippen LogP contribution < -0.4 is 4.90 Å². The Kier molecular flexibility index (Phi) is 7.61. The summed E-state index contributed by atoms with van der Waals surface area (Å²) in [6.45, 7) is 0. The van der Waals surface area contributed by atoms with E-state index in [0.29, 0.717) is 5.71 Å². The van der Waals surface area contributed by atoms with E-state index in [1.807, 2.05) is 36.7 Å². The van der Waals surface area contributed by atoms with Gasteiger partial charge < -0.3 is 9.32 Å². The lowest BCUT2D eigenvalue weighted by Crippen LogP contribution is -2.10. The van der Waals surface area contributed by atoms with Gasteiger partial charge in [0.2, 0.25) is 5.71 Å². The highest BCUT2D eigenvalue weighted by Crippen LogP contribution is 2.40. The van der Waals surface area contributed by atoms with Crippen LogP contribution >= 0.6 is 11.3 Å². The van der Waals surface area contributed by atoms with Gasteiger partial charge in [-0.25, -0.2) is 15.0 Å². The third-order valence-electron chi connectivity index (χ3n) is 11.2. The first-order chi connectivity index (χ1) is 29.2. The first kappa shape index (κ1) is 33.4. The summed E-state index contributed by atoms with van der Waals surface area (Å²) in [5.74, 6) is 0. The minimum absolute atomic E-state index is 0.533. The summed E-state index contributed by atoms with van der Waals surface area (Å²) in [6, 6.07) is 61.9. The quantitative estimate of drug-likeness (QED) is 0.157. The van der Waals surface area contributed by atoms with Crippen molar-refractivity contribution in [2.24, 2.45) is 0 Å². The number of fused-ring (bicyclic) bond motifs is 9. The van der Waals surface area contributed by atoms with Crippen molar-refractivity contribution in [3.63, 3.8) is 0 Å². The minimum atomic E-state index is 0.533. The molecule has 0 atom stereocenters. The number of benzene rings is 8. The van der Waals surface area contributed by atoms with Crippen molar-refractivity contribution in [2.45, 2.75) is 0 Å². The highest BCUT2D eigenvalue weighted by atomic mass is 32.1. The van der Waals surface area contributed by atoms with Crippen LogP contribution in [0, 0.1) is 0 Å². The molecule has 59 heavy (non-hydrogen) atoms. The number of nitrogens with zero attached hydrogens (tertiary/aromatic N) is 5. The summed E-state index contributed by atoms with van der Waals surface area (Å²) in [7, 11) is 0. The second kappa shape index (κ2) is 13.4. The fraction of sp³-hybridized carbons (Fsp3) is 0. The Labute approximate surface area is 342 Å². The van der Waals surface area contributed by atoms with Crippen LogP contribution in [0.4, 0.5) is 17.1 Å². The second-order valence-corrected chi connectivity index (χ2v) is 15.7. The normalized spacial score (nSPS) is 11.7. The molecule has 12 rings (SSSR count). The fourth-order valence-electron chi connectivity index (χ4n) is 8.26. The van der Waals surface area contributed by atoms with Crippen molar-refractivity contribution in [1.29, 1.82) is 0 Å². The summed E-state index contributed by atoms with van der Waals surface area (Å²) in [5.41, 5.74) is 12.1. The smallest absolute Gasteiger partial charge is 0.246 e. The molecule has 0 N–H and O–H groups in total. The van der Waals surface area contributed by atoms with Crippen LogP contribution in [-0.2, 0) is 0 Å². The van der Waals surface area contributed by atoms with Crippen LogP contribution in [0.2, 0.25) is 0 Å². The first-order valence-electron chi connectivity index (χ1n) is 19.5. The van der Waals surface area contributed by atoms with Crippen molar-refractivity contribution < 1.29 is 4.42 Å². The van der Waals surface area contributed by atoms with E-state index < -0.39 is 0 Å². The Hall–Kier alpha value is -7.74. The summed E-state index contributed by atoms with van der Waals surface area (Å²) in [4.78, 5) is 22.8. The van der Waals surface area contributed by atoms with Crippen molar-refractivity contribution in [3.8, 4) is 33.6 Å². The van der Waals surface area contributed by atoms with E-state index >= 15 is 0 Å². The number of anilines is 3. The lowest BCUT2D eigenvalue weighted by molar-refractivity contribution is 0.653. The molecule has 0 bridgehead atoms. The van der Waals surface area contributed by atoms with E-state index in [0.717, 1.165) is 71.8 Å². The van der Waals surface area contributed by atoms with Gasteiger partial charge in [0.15, 0.2) is 0 Å². The van der Waals surface area contributed by atoms with Gasteiger partial charge in [-0.05, 0) is 93.3 Å². The van der Waals surface area contributed by atoms with Crippen LogP contribution in [0.25, 0.3) is 97.8 Å². The Morgan fingerprint density at radius 1 is 0.424 bits per heavy atom. The molecule has 0 unspecified atom stereocenters. The van der Waals surface area contributed by atoms with Gasteiger partial charge in [0.25, 0.3) is 0 Å². The number of aromatic nitrogens is 4. The molecule has 12 aromatic rings. The van der Waals surface area contributed by atoms with Crippen LogP contribution in [0.1, 0.15) is 0 Å². The van der Waals surface area contributed by atoms with Gasteiger partial charge in [-0.1, -0.05) is 115 Å². The van der Waals surface area contributed by atoms with E-state index in [4.69, 9.17) is 24.4 Å². The van der Waals surface area contributed by atoms with Crippen molar-refractivity contribution >= 4 is 92.6 Å². The maximum atomic E-state index is 6.07. The molecule has 4 heterocycles. The Balaban J connectivity index is 0.937. The number of hydrogen-bond acceptors (Lipinski definition) is 7. The van der Waals surface area contributed by atoms with Crippen molar-refractivity contribution in [3.05, 3.63) is 188 Å². The molecule has 0 saturated heterocycles. The zero-order chi connectivity index (χ0) is 38.9. The molecule has 276 valence electrons. The molecular formula is C52H31N5OS. The number of thiophene rings is 1. The number of rotatable bonds is 6. The van der Waals surface area contributed by atoms with Gasteiger partial charge in [0, 0.05) is 43.7 Å². The number of furan rings is 1. The van der Waals surface area contributed by atoms with Gasteiger partial charge in [-0.3, -0.25) is 4.98 Å². The summed E-state index contributed by atoms with van der Waals surface area (Å²) < 4.78 is 7.26. The topological polar surface area (TPSA) is 67.9 Å². The van der Waals surface area contributed by atoms with Gasteiger partial charge in [-0.2, -0.15) is 0 Å². The zero-order valence-corrected chi connectivity index (χ0v) is 32.3. The molecule has 7 heteroatoms. The molecule has 0 radical (unpaired) electrons. The molecular weight excluding hydrogens is 743 g/mol. The van der Waals surface area contributed by atoms with E-state index in [1.54, 1.807) is 11.3 Å². The minimum Gasteiger partial charge on any atom is -0.436 e. The van der Waals surface area contributed by atoms with E-state index in [1.165, 1.54) is 37.4 Å². The SMILES string of the molecule is c1ccc(-c2ccc3c(ccc4cc(N(c5ccc(-c6cnc7c(n6)oc6ccccc67)cc5)c5ccc(-c6cnc7c(n6)sc6ccccc67)cc5)ccc43)c2)cc1. The molecule has 6 nitrogen and oxygen atoms in total. The molecule has 4 aromatic heterocycles. The standard InChI is InChI=1S/C52H31N5OS/c1-2-8-32(9-3-1)35-20-26-41-36(28-35)14-15-37-29-40(25-27-42(37)41)57(38-21-16-33(17-22-38)45-30-53-49-43-10-4-6-12-47(43)58-51(49)55-45)39-23-18-34(19-24-39)46-31-54-50-44-11-5-7-13-48(44)59-52(50)56-46/h1-31H. The molecule has 0 aliphatic heterocycles. The van der Waals surface area contributed by atoms with Gasteiger partial charge in [-0.15, -0.1) is 11.3 Å². The van der Waals surface area contributed by atoms with E-state index in [2.05, 4.69) is 157 Å². The molecule has 0 spiro atoms.